The smallest absolute Gasteiger partial charge is 0.326 e. The van der Waals surface area contributed by atoms with E-state index in [1.54, 1.807) is 4.90 Å². The Morgan fingerprint density at radius 3 is 2.52 bits per heavy atom. The fourth-order valence-corrected chi connectivity index (χ4v) is 3.36. The molecular weight excluding hydrogens is 272 g/mol. The molecule has 2 N–H and O–H groups in total. The van der Waals surface area contributed by atoms with Gasteiger partial charge in [-0.1, -0.05) is 20.3 Å². The summed E-state index contributed by atoms with van der Waals surface area (Å²) in [6.07, 6.45) is 2.58. The first-order valence-electron chi connectivity index (χ1n) is 7.90. The summed E-state index contributed by atoms with van der Waals surface area (Å²) >= 11 is 0. The molecule has 6 heteroatoms. The van der Waals surface area contributed by atoms with Crippen LogP contribution in [0.3, 0.4) is 0 Å². The number of likely N-dealkylation sites (tertiary alicyclic amines) is 2. The summed E-state index contributed by atoms with van der Waals surface area (Å²) in [5.74, 6) is -0.483. The van der Waals surface area contributed by atoms with E-state index >= 15 is 0 Å². The molecule has 0 saturated carbocycles. The molecule has 6 nitrogen and oxygen atoms in total. The summed E-state index contributed by atoms with van der Waals surface area (Å²) < 4.78 is 0. The molecule has 2 heterocycles. The number of hydrogen-bond donors (Lipinski definition) is 2. The average Bonchev–Trinajstić information content (AvgIpc) is 2.48. The van der Waals surface area contributed by atoms with Crippen molar-refractivity contribution in [2.24, 2.45) is 11.8 Å². The average molecular weight is 298 g/mol. The van der Waals surface area contributed by atoms with Crippen LogP contribution in [-0.4, -0.2) is 63.8 Å². The molecule has 0 aliphatic carbocycles. The van der Waals surface area contributed by atoms with Gasteiger partial charge in [0.2, 0.25) is 0 Å². The number of carbonyl (C=O) groups excluding carboxylic acids is 1. The van der Waals surface area contributed by atoms with Crippen molar-refractivity contribution >= 4 is 12.0 Å². The Bertz CT molecular complexity index is 401. The number of urea groups is 1. The highest BCUT2D eigenvalue weighted by Gasteiger charge is 2.39. The molecule has 2 saturated heterocycles. The number of rotatable bonds is 2. The third kappa shape index (κ3) is 3.48. The number of carboxylic acid groups (broad SMARTS) is 1. The van der Waals surface area contributed by atoms with Crippen molar-refractivity contribution in [2.45, 2.75) is 51.7 Å². The van der Waals surface area contributed by atoms with Gasteiger partial charge in [0.25, 0.3) is 0 Å². The summed E-state index contributed by atoms with van der Waals surface area (Å²) in [6, 6.07) is -0.894. The van der Waals surface area contributed by atoms with Crippen LogP contribution in [0.25, 0.3) is 0 Å². The van der Waals surface area contributed by atoms with E-state index in [1.807, 2.05) is 6.92 Å². The second-order valence-corrected chi connectivity index (χ2v) is 6.41. The van der Waals surface area contributed by atoms with Crippen LogP contribution in [0, 0.1) is 11.8 Å². The molecule has 120 valence electrons. The van der Waals surface area contributed by atoms with Crippen LogP contribution >= 0.6 is 0 Å². The van der Waals surface area contributed by atoms with Crippen molar-refractivity contribution in [3.63, 3.8) is 0 Å². The van der Waals surface area contributed by atoms with Crippen molar-refractivity contribution in [3.8, 4) is 0 Å². The summed E-state index contributed by atoms with van der Waals surface area (Å²) in [5.41, 5.74) is 0. The van der Waals surface area contributed by atoms with Gasteiger partial charge in [0.1, 0.15) is 6.04 Å². The van der Waals surface area contributed by atoms with E-state index in [4.69, 9.17) is 0 Å². The molecule has 2 fully saturated rings. The van der Waals surface area contributed by atoms with Gasteiger partial charge in [-0.15, -0.1) is 0 Å². The standard InChI is InChI=1S/C15H26N2O4/c1-3-11-4-7-17(12(8-11)14(19)20)15(21)16-6-5-13(18)10(2)9-16/h10-13,18H,3-9H2,1-2H3,(H,19,20). The van der Waals surface area contributed by atoms with Gasteiger partial charge in [-0.05, 0) is 31.1 Å². The normalized spacial score (nSPS) is 33.9. The predicted molar refractivity (Wildman–Crippen MR) is 77.9 cm³/mol. The maximum absolute atomic E-state index is 12.6. The minimum absolute atomic E-state index is 0.0409. The van der Waals surface area contributed by atoms with Gasteiger partial charge in [0.15, 0.2) is 0 Å². The number of amides is 2. The number of carbonyl (C=O) groups is 2. The highest BCUT2D eigenvalue weighted by Crippen LogP contribution is 2.27. The SMILES string of the molecule is CCC1CCN(C(=O)N2CCC(O)C(C)C2)C(C(=O)O)C1. The van der Waals surface area contributed by atoms with E-state index in [0.29, 0.717) is 38.4 Å². The van der Waals surface area contributed by atoms with Crippen molar-refractivity contribution in [3.05, 3.63) is 0 Å². The Morgan fingerprint density at radius 1 is 1.24 bits per heavy atom. The minimum atomic E-state index is -0.911. The lowest BCUT2D eigenvalue weighted by atomic mass is 9.89. The van der Waals surface area contributed by atoms with Gasteiger partial charge < -0.3 is 20.0 Å². The number of nitrogens with zero attached hydrogens (tertiary/aromatic N) is 2. The van der Waals surface area contributed by atoms with Crippen LogP contribution < -0.4 is 0 Å². The molecular formula is C15H26N2O4. The Balaban J connectivity index is 2.05. The van der Waals surface area contributed by atoms with Gasteiger partial charge in [-0.2, -0.15) is 0 Å². The second-order valence-electron chi connectivity index (χ2n) is 6.41. The molecule has 0 radical (unpaired) electrons. The van der Waals surface area contributed by atoms with Gasteiger partial charge >= 0.3 is 12.0 Å². The highest BCUT2D eigenvalue weighted by molar-refractivity contribution is 5.83. The lowest BCUT2D eigenvalue weighted by molar-refractivity contribution is -0.144. The molecule has 0 bridgehead atoms. The fourth-order valence-electron chi connectivity index (χ4n) is 3.36. The Kier molecular flexibility index (Phi) is 5.08. The first kappa shape index (κ1) is 16.1. The number of aliphatic carboxylic acids is 1. The molecule has 0 aromatic rings. The third-order valence-electron chi connectivity index (χ3n) is 4.95. The van der Waals surface area contributed by atoms with E-state index < -0.39 is 12.0 Å². The topological polar surface area (TPSA) is 81.1 Å². The quantitative estimate of drug-likeness (QED) is 0.807. The number of carboxylic acids is 1. The number of aliphatic hydroxyl groups is 1. The predicted octanol–water partition coefficient (Wildman–Crippen LogP) is 1.38. The second kappa shape index (κ2) is 6.64. The molecule has 2 aliphatic heterocycles. The van der Waals surface area contributed by atoms with Crippen LogP contribution in [0.1, 0.15) is 39.5 Å². The summed E-state index contributed by atoms with van der Waals surface area (Å²) in [6.45, 7) is 5.50. The zero-order valence-electron chi connectivity index (χ0n) is 12.9. The molecule has 0 spiro atoms. The van der Waals surface area contributed by atoms with E-state index in [0.717, 1.165) is 12.8 Å². The first-order chi connectivity index (χ1) is 9.93. The largest absolute Gasteiger partial charge is 0.480 e. The van der Waals surface area contributed by atoms with E-state index in [1.165, 1.54) is 4.90 Å². The van der Waals surface area contributed by atoms with Gasteiger partial charge in [0.05, 0.1) is 6.10 Å². The maximum atomic E-state index is 12.6. The molecule has 2 aliphatic rings. The molecule has 4 atom stereocenters. The van der Waals surface area contributed by atoms with E-state index in [2.05, 4.69) is 6.92 Å². The molecule has 0 aromatic heterocycles. The van der Waals surface area contributed by atoms with Gasteiger partial charge in [0, 0.05) is 19.6 Å². The van der Waals surface area contributed by atoms with E-state index in [9.17, 15) is 19.8 Å². The minimum Gasteiger partial charge on any atom is -0.480 e. The Labute approximate surface area is 125 Å². The van der Waals surface area contributed by atoms with Crippen LogP contribution in [0.5, 0.6) is 0 Å². The van der Waals surface area contributed by atoms with Crippen molar-refractivity contribution in [1.29, 1.82) is 0 Å². The maximum Gasteiger partial charge on any atom is 0.326 e. The number of piperidine rings is 2. The molecule has 0 aromatic carbocycles. The van der Waals surface area contributed by atoms with Crippen LogP contribution in [0.4, 0.5) is 4.79 Å². The first-order valence-corrected chi connectivity index (χ1v) is 7.90. The zero-order valence-corrected chi connectivity index (χ0v) is 12.9. The zero-order chi connectivity index (χ0) is 15.6. The summed E-state index contributed by atoms with van der Waals surface area (Å²) in [4.78, 5) is 27.3. The Hall–Kier alpha value is -1.30. The fraction of sp³-hybridized carbons (Fsp3) is 0.867. The van der Waals surface area contributed by atoms with Crippen molar-refractivity contribution < 1.29 is 19.8 Å². The number of hydrogen-bond acceptors (Lipinski definition) is 3. The van der Waals surface area contributed by atoms with Gasteiger partial charge in [-0.25, -0.2) is 9.59 Å². The molecule has 4 unspecified atom stereocenters. The lowest BCUT2D eigenvalue weighted by Crippen LogP contribution is -2.57. The number of aliphatic hydroxyl groups excluding tert-OH is 1. The lowest BCUT2D eigenvalue weighted by Gasteiger charge is -2.42. The molecule has 2 amide bonds. The summed E-state index contributed by atoms with van der Waals surface area (Å²) in [7, 11) is 0. The van der Waals surface area contributed by atoms with Crippen molar-refractivity contribution in [2.75, 3.05) is 19.6 Å². The van der Waals surface area contributed by atoms with Crippen LogP contribution in [0.15, 0.2) is 0 Å². The van der Waals surface area contributed by atoms with Crippen LogP contribution in [-0.2, 0) is 4.79 Å². The van der Waals surface area contributed by atoms with E-state index in [-0.39, 0.29) is 18.1 Å². The van der Waals surface area contributed by atoms with Gasteiger partial charge in [-0.3, -0.25) is 0 Å². The summed E-state index contributed by atoms with van der Waals surface area (Å²) in [5, 5.41) is 19.2. The Morgan fingerprint density at radius 2 is 1.95 bits per heavy atom. The van der Waals surface area contributed by atoms with Crippen molar-refractivity contribution in [1.82, 2.24) is 9.80 Å². The third-order valence-corrected chi connectivity index (χ3v) is 4.95. The highest BCUT2D eigenvalue weighted by atomic mass is 16.4. The monoisotopic (exact) mass is 298 g/mol. The van der Waals surface area contributed by atoms with Crippen LogP contribution in [0.2, 0.25) is 0 Å². The molecule has 2 rings (SSSR count). The molecule has 21 heavy (non-hydrogen) atoms.